The van der Waals surface area contributed by atoms with Crippen LogP contribution in [0.5, 0.6) is 0 Å². The van der Waals surface area contributed by atoms with Gasteiger partial charge >= 0.3 is 0 Å². The van der Waals surface area contributed by atoms with Crippen LogP contribution in [0.4, 0.5) is 17.1 Å². The van der Waals surface area contributed by atoms with Crippen LogP contribution in [0, 0.1) is 21.4 Å². The SMILES string of the molecule is C[C@@H](C(=O)Nc1cccc(C#N)c1)N1CCN(c2ccc([N+](=O)[O-])cc2)CC1. The van der Waals surface area contributed by atoms with E-state index in [1.165, 1.54) is 12.1 Å². The quantitative estimate of drug-likeness (QED) is 0.633. The molecular formula is C20H21N5O3. The van der Waals surface area contributed by atoms with Crippen molar-refractivity contribution in [2.45, 2.75) is 13.0 Å². The molecule has 2 aromatic rings. The first-order valence-corrected chi connectivity index (χ1v) is 9.02. The molecule has 3 rings (SSSR count). The van der Waals surface area contributed by atoms with Crippen molar-refractivity contribution in [2.75, 3.05) is 36.4 Å². The second-order valence-electron chi connectivity index (χ2n) is 6.65. The summed E-state index contributed by atoms with van der Waals surface area (Å²) in [7, 11) is 0. The topological polar surface area (TPSA) is 103 Å². The first-order valence-electron chi connectivity index (χ1n) is 9.02. The molecule has 2 aromatic carbocycles. The van der Waals surface area contributed by atoms with Gasteiger partial charge < -0.3 is 10.2 Å². The van der Waals surface area contributed by atoms with E-state index in [-0.39, 0.29) is 17.6 Å². The van der Waals surface area contributed by atoms with Gasteiger partial charge in [0, 0.05) is 49.7 Å². The molecule has 144 valence electrons. The molecular weight excluding hydrogens is 358 g/mol. The summed E-state index contributed by atoms with van der Waals surface area (Å²) in [6, 6.07) is 15.1. The number of benzene rings is 2. The fourth-order valence-corrected chi connectivity index (χ4v) is 3.23. The molecule has 0 saturated carbocycles. The van der Waals surface area contributed by atoms with E-state index in [0.29, 0.717) is 24.3 Å². The summed E-state index contributed by atoms with van der Waals surface area (Å²) in [4.78, 5) is 27.2. The van der Waals surface area contributed by atoms with Crippen molar-refractivity contribution < 1.29 is 9.72 Å². The van der Waals surface area contributed by atoms with Crippen LogP contribution in [0.1, 0.15) is 12.5 Å². The largest absolute Gasteiger partial charge is 0.369 e. The molecule has 1 aliphatic heterocycles. The van der Waals surface area contributed by atoms with Gasteiger partial charge in [-0.25, -0.2) is 0 Å². The predicted molar refractivity (Wildman–Crippen MR) is 106 cm³/mol. The van der Waals surface area contributed by atoms with Crippen LogP contribution in [0.15, 0.2) is 48.5 Å². The van der Waals surface area contributed by atoms with Crippen molar-refractivity contribution in [3.05, 3.63) is 64.2 Å². The summed E-state index contributed by atoms with van der Waals surface area (Å²) in [5.74, 6) is -0.112. The van der Waals surface area contributed by atoms with E-state index in [1.54, 1.807) is 36.4 Å². The van der Waals surface area contributed by atoms with E-state index in [0.717, 1.165) is 18.8 Å². The monoisotopic (exact) mass is 379 g/mol. The number of anilines is 2. The van der Waals surface area contributed by atoms with Crippen molar-refractivity contribution in [1.29, 1.82) is 5.26 Å². The van der Waals surface area contributed by atoms with E-state index in [2.05, 4.69) is 21.2 Å². The fraction of sp³-hybridized carbons (Fsp3) is 0.300. The van der Waals surface area contributed by atoms with Crippen LogP contribution < -0.4 is 10.2 Å². The van der Waals surface area contributed by atoms with Crippen LogP contribution >= 0.6 is 0 Å². The minimum atomic E-state index is -0.408. The van der Waals surface area contributed by atoms with Crippen LogP contribution in [-0.2, 0) is 4.79 Å². The first-order chi connectivity index (χ1) is 13.5. The zero-order chi connectivity index (χ0) is 20.1. The number of hydrogen-bond donors (Lipinski definition) is 1. The number of carbonyl (C=O) groups excluding carboxylic acids is 1. The van der Waals surface area contributed by atoms with Crippen LogP contribution in [0.25, 0.3) is 0 Å². The summed E-state index contributed by atoms with van der Waals surface area (Å²) in [6.45, 7) is 4.76. The average molecular weight is 379 g/mol. The zero-order valence-corrected chi connectivity index (χ0v) is 15.5. The van der Waals surface area contributed by atoms with E-state index in [4.69, 9.17) is 5.26 Å². The fourth-order valence-electron chi connectivity index (χ4n) is 3.23. The first kappa shape index (κ1) is 19.3. The number of piperazine rings is 1. The van der Waals surface area contributed by atoms with Gasteiger partial charge in [-0.1, -0.05) is 6.07 Å². The Balaban J connectivity index is 1.55. The Morgan fingerprint density at radius 1 is 1.18 bits per heavy atom. The third-order valence-corrected chi connectivity index (χ3v) is 4.93. The molecule has 0 aromatic heterocycles. The smallest absolute Gasteiger partial charge is 0.269 e. The van der Waals surface area contributed by atoms with Gasteiger partial charge in [0.05, 0.1) is 22.6 Å². The number of amides is 1. The summed E-state index contributed by atoms with van der Waals surface area (Å²) < 4.78 is 0. The molecule has 1 aliphatic rings. The predicted octanol–water partition coefficient (Wildman–Crippen LogP) is 2.62. The summed E-state index contributed by atoms with van der Waals surface area (Å²) >= 11 is 0. The van der Waals surface area contributed by atoms with Crippen molar-refractivity contribution >= 4 is 23.0 Å². The van der Waals surface area contributed by atoms with Gasteiger partial charge in [0.2, 0.25) is 5.91 Å². The van der Waals surface area contributed by atoms with Gasteiger partial charge in [-0.15, -0.1) is 0 Å². The number of non-ortho nitro benzene ring substituents is 1. The molecule has 1 N–H and O–H groups in total. The normalized spacial score (nSPS) is 15.5. The maximum atomic E-state index is 12.6. The Hall–Kier alpha value is -3.44. The van der Waals surface area contributed by atoms with Gasteiger partial charge in [0.15, 0.2) is 0 Å². The third-order valence-electron chi connectivity index (χ3n) is 4.93. The Kier molecular flexibility index (Phi) is 5.87. The molecule has 0 aliphatic carbocycles. The van der Waals surface area contributed by atoms with Gasteiger partial charge in [-0.2, -0.15) is 5.26 Å². The highest BCUT2D eigenvalue weighted by Gasteiger charge is 2.26. The lowest BCUT2D eigenvalue weighted by atomic mass is 10.1. The number of nitro groups is 1. The maximum absolute atomic E-state index is 12.6. The lowest BCUT2D eigenvalue weighted by molar-refractivity contribution is -0.384. The van der Waals surface area contributed by atoms with Gasteiger partial charge in [-0.3, -0.25) is 19.8 Å². The van der Waals surface area contributed by atoms with Crippen LogP contribution in [0.3, 0.4) is 0 Å². The average Bonchev–Trinajstić information content (AvgIpc) is 2.73. The summed E-state index contributed by atoms with van der Waals surface area (Å²) in [5.41, 5.74) is 2.13. The highest BCUT2D eigenvalue weighted by atomic mass is 16.6. The number of carbonyl (C=O) groups is 1. The van der Waals surface area contributed by atoms with E-state index >= 15 is 0 Å². The molecule has 1 fully saturated rings. The number of nitriles is 1. The Morgan fingerprint density at radius 2 is 1.86 bits per heavy atom. The van der Waals surface area contributed by atoms with Crippen molar-refractivity contribution in [2.24, 2.45) is 0 Å². The third kappa shape index (κ3) is 4.45. The lowest BCUT2D eigenvalue weighted by Gasteiger charge is -2.38. The van der Waals surface area contributed by atoms with E-state index in [1.807, 2.05) is 6.92 Å². The molecule has 0 spiro atoms. The number of rotatable bonds is 5. The van der Waals surface area contributed by atoms with Crippen molar-refractivity contribution in [3.8, 4) is 6.07 Å². The number of hydrogen-bond acceptors (Lipinski definition) is 6. The molecule has 8 nitrogen and oxygen atoms in total. The Morgan fingerprint density at radius 3 is 2.46 bits per heavy atom. The number of nitro benzene ring substituents is 1. The van der Waals surface area contributed by atoms with Gasteiger partial charge in [0.1, 0.15) is 0 Å². The lowest BCUT2D eigenvalue weighted by Crippen LogP contribution is -2.52. The van der Waals surface area contributed by atoms with Gasteiger partial charge in [0.25, 0.3) is 5.69 Å². The van der Waals surface area contributed by atoms with Crippen LogP contribution in [-0.4, -0.2) is 48.0 Å². The molecule has 1 atom stereocenters. The molecule has 1 saturated heterocycles. The van der Waals surface area contributed by atoms with Gasteiger partial charge in [-0.05, 0) is 37.3 Å². The van der Waals surface area contributed by atoms with E-state index in [9.17, 15) is 14.9 Å². The highest BCUT2D eigenvalue weighted by Crippen LogP contribution is 2.21. The maximum Gasteiger partial charge on any atom is 0.269 e. The minimum Gasteiger partial charge on any atom is -0.369 e. The molecule has 0 radical (unpaired) electrons. The van der Waals surface area contributed by atoms with Crippen LogP contribution in [0.2, 0.25) is 0 Å². The molecule has 8 heteroatoms. The summed E-state index contributed by atoms with van der Waals surface area (Å²) in [6.07, 6.45) is 0. The highest BCUT2D eigenvalue weighted by molar-refractivity contribution is 5.94. The van der Waals surface area contributed by atoms with Crippen molar-refractivity contribution in [3.63, 3.8) is 0 Å². The second kappa shape index (κ2) is 8.50. The molecule has 28 heavy (non-hydrogen) atoms. The Labute approximate surface area is 163 Å². The minimum absolute atomic E-state index is 0.0770. The summed E-state index contributed by atoms with van der Waals surface area (Å²) in [5, 5.41) is 22.6. The van der Waals surface area contributed by atoms with Crippen molar-refractivity contribution in [1.82, 2.24) is 4.90 Å². The van der Waals surface area contributed by atoms with E-state index < -0.39 is 4.92 Å². The molecule has 1 amide bonds. The molecule has 0 unspecified atom stereocenters. The molecule has 0 bridgehead atoms. The zero-order valence-electron chi connectivity index (χ0n) is 15.5. The number of nitrogens with one attached hydrogen (secondary N) is 1. The standard InChI is InChI=1S/C20H21N5O3/c1-15(20(26)22-17-4-2-3-16(13-17)14-21)23-9-11-24(12-10-23)18-5-7-19(8-6-18)25(27)28/h2-8,13,15H,9-12H2,1H3,(H,22,26)/t15-/m0/s1. The molecule has 1 heterocycles. The second-order valence-corrected chi connectivity index (χ2v) is 6.65. The Bertz CT molecular complexity index is 899. The number of nitrogens with zero attached hydrogens (tertiary/aromatic N) is 4.